The van der Waals surface area contributed by atoms with Crippen molar-refractivity contribution in [3.05, 3.63) is 65.3 Å². The highest BCUT2D eigenvalue weighted by molar-refractivity contribution is 5.79. The zero-order chi connectivity index (χ0) is 10.7. The zero-order valence-corrected chi connectivity index (χ0v) is 9.33. The summed E-state index contributed by atoms with van der Waals surface area (Å²) in [6.07, 6.45) is 9.71. The van der Waals surface area contributed by atoms with Crippen molar-refractivity contribution in [3.8, 4) is 0 Å². The third kappa shape index (κ3) is 2.10. The fourth-order valence-corrected chi connectivity index (χ4v) is 1.92. The van der Waals surface area contributed by atoms with E-state index in [0.29, 0.717) is 0 Å². The van der Waals surface area contributed by atoms with Gasteiger partial charge in [0.2, 0.25) is 0 Å². The summed E-state index contributed by atoms with van der Waals surface area (Å²) in [6.45, 7) is 4.38. The number of hydrogen-bond donors (Lipinski definition) is 0. The Morgan fingerprint density at radius 2 is 1.80 bits per heavy atom. The third-order valence-corrected chi connectivity index (χ3v) is 2.83. The van der Waals surface area contributed by atoms with Crippen LogP contribution in [0.5, 0.6) is 0 Å². The second kappa shape index (κ2) is 4.31. The van der Waals surface area contributed by atoms with E-state index in [1.54, 1.807) is 0 Å². The standard InChI is InChI=1S/C15H16/c1-12-8-4-3-5-10-14(12)15-11-7-6-9-13(15)2/h3-7,9-11H,8H2,1-2H3. The van der Waals surface area contributed by atoms with Crippen molar-refractivity contribution < 1.29 is 0 Å². The molecule has 1 aromatic carbocycles. The van der Waals surface area contributed by atoms with Gasteiger partial charge >= 0.3 is 0 Å². The van der Waals surface area contributed by atoms with Crippen LogP contribution in [-0.4, -0.2) is 0 Å². The Morgan fingerprint density at radius 1 is 1.00 bits per heavy atom. The van der Waals surface area contributed by atoms with Gasteiger partial charge in [-0.2, -0.15) is 0 Å². The maximum atomic E-state index is 2.21. The first-order valence-electron chi connectivity index (χ1n) is 5.38. The fourth-order valence-electron chi connectivity index (χ4n) is 1.92. The summed E-state index contributed by atoms with van der Waals surface area (Å²) in [5, 5.41) is 0. The van der Waals surface area contributed by atoms with Gasteiger partial charge in [-0.15, -0.1) is 0 Å². The van der Waals surface area contributed by atoms with Gasteiger partial charge < -0.3 is 0 Å². The highest BCUT2D eigenvalue weighted by atomic mass is 14.1. The van der Waals surface area contributed by atoms with Crippen LogP contribution in [0, 0.1) is 6.92 Å². The molecule has 0 bridgehead atoms. The molecule has 0 heterocycles. The Labute approximate surface area is 91.6 Å². The zero-order valence-electron chi connectivity index (χ0n) is 9.33. The molecule has 0 saturated heterocycles. The van der Waals surface area contributed by atoms with Crippen molar-refractivity contribution in [1.82, 2.24) is 0 Å². The minimum absolute atomic E-state index is 1.05. The van der Waals surface area contributed by atoms with Crippen LogP contribution < -0.4 is 0 Å². The maximum absolute atomic E-state index is 2.21. The maximum Gasteiger partial charge on any atom is -0.0129 e. The minimum atomic E-state index is 1.05. The summed E-state index contributed by atoms with van der Waals surface area (Å²) in [5.74, 6) is 0. The Balaban J connectivity index is 2.51. The van der Waals surface area contributed by atoms with E-state index in [-0.39, 0.29) is 0 Å². The predicted octanol–water partition coefficient (Wildman–Crippen LogP) is 4.28. The second-order valence-corrected chi connectivity index (χ2v) is 4.00. The van der Waals surface area contributed by atoms with E-state index in [4.69, 9.17) is 0 Å². The van der Waals surface area contributed by atoms with Crippen LogP contribution in [0.2, 0.25) is 0 Å². The summed E-state index contributed by atoms with van der Waals surface area (Å²) in [7, 11) is 0. The van der Waals surface area contributed by atoms with Crippen molar-refractivity contribution in [2.75, 3.05) is 0 Å². The van der Waals surface area contributed by atoms with Gasteiger partial charge in [0, 0.05) is 0 Å². The molecule has 2 rings (SSSR count). The van der Waals surface area contributed by atoms with Gasteiger partial charge in [-0.05, 0) is 37.0 Å². The van der Waals surface area contributed by atoms with E-state index in [1.807, 2.05) is 0 Å². The summed E-state index contributed by atoms with van der Waals surface area (Å²) >= 11 is 0. The molecule has 0 heteroatoms. The van der Waals surface area contributed by atoms with Crippen molar-refractivity contribution in [2.45, 2.75) is 20.3 Å². The first-order valence-corrected chi connectivity index (χ1v) is 5.38. The molecular weight excluding hydrogens is 180 g/mol. The summed E-state index contributed by atoms with van der Waals surface area (Å²) in [4.78, 5) is 0. The van der Waals surface area contributed by atoms with Gasteiger partial charge in [-0.25, -0.2) is 0 Å². The van der Waals surface area contributed by atoms with Crippen molar-refractivity contribution in [3.63, 3.8) is 0 Å². The van der Waals surface area contributed by atoms with Gasteiger partial charge in [-0.1, -0.05) is 54.1 Å². The lowest BCUT2D eigenvalue weighted by Gasteiger charge is -2.09. The number of hydrogen-bond acceptors (Lipinski definition) is 0. The number of benzene rings is 1. The van der Waals surface area contributed by atoms with Crippen LogP contribution in [0.1, 0.15) is 24.5 Å². The van der Waals surface area contributed by atoms with Crippen molar-refractivity contribution in [1.29, 1.82) is 0 Å². The quantitative estimate of drug-likeness (QED) is 0.628. The molecule has 0 atom stereocenters. The highest BCUT2D eigenvalue weighted by Gasteiger charge is 2.05. The molecule has 1 aromatic rings. The molecule has 1 aliphatic carbocycles. The molecule has 0 saturated carbocycles. The third-order valence-electron chi connectivity index (χ3n) is 2.83. The van der Waals surface area contributed by atoms with Gasteiger partial charge in [-0.3, -0.25) is 0 Å². The van der Waals surface area contributed by atoms with E-state index >= 15 is 0 Å². The van der Waals surface area contributed by atoms with Crippen molar-refractivity contribution in [2.24, 2.45) is 0 Å². The van der Waals surface area contributed by atoms with Crippen LogP contribution >= 0.6 is 0 Å². The molecule has 0 nitrogen and oxygen atoms in total. The molecule has 0 spiro atoms. The molecule has 0 fully saturated rings. The molecule has 0 aromatic heterocycles. The van der Waals surface area contributed by atoms with Crippen LogP contribution in [0.25, 0.3) is 5.57 Å². The minimum Gasteiger partial charge on any atom is -0.0804 e. The Kier molecular flexibility index (Phi) is 2.86. The lowest BCUT2D eigenvalue weighted by Crippen LogP contribution is -1.89. The molecule has 1 aliphatic rings. The molecular formula is C15H16. The predicted molar refractivity (Wildman–Crippen MR) is 66.7 cm³/mol. The molecule has 0 amide bonds. The first-order chi connectivity index (χ1) is 7.29. The topological polar surface area (TPSA) is 0 Å². The van der Waals surface area contributed by atoms with Gasteiger partial charge in [0.05, 0.1) is 0 Å². The van der Waals surface area contributed by atoms with E-state index in [2.05, 4.69) is 62.4 Å². The summed E-state index contributed by atoms with van der Waals surface area (Å²) in [6, 6.07) is 8.56. The van der Waals surface area contributed by atoms with E-state index in [9.17, 15) is 0 Å². The second-order valence-electron chi connectivity index (χ2n) is 4.00. The Hall–Kier alpha value is -1.56. The molecule has 0 radical (unpaired) electrons. The highest BCUT2D eigenvalue weighted by Crippen LogP contribution is 2.26. The number of aryl methyl sites for hydroxylation is 1. The summed E-state index contributed by atoms with van der Waals surface area (Å²) in [5.41, 5.74) is 5.51. The van der Waals surface area contributed by atoms with Gasteiger partial charge in [0.25, 0.3) is 0 Å². The average molecular weight is 196 g/mol. The Bertz CT molecular complexity index is 445. The molecule has 76 valence electrons. The van der Waals surface area contributed by atoms with Crippen LogP contribution in [0.4, 0.5) is 0 Å². The van der Waals surface area contributed by atoms with E-state index in [0.717, 1.165) is 6.42 Å². The van der Waals surface area contributed by atoms with Crippen LogP contribution in [0.3, 0.4) is 0 Å². The molecule has 0 N–H and O–H groups in total. The van der Waals surface area contributed by atoms with Crippen LogP contribution in [-0.2, 0) is 0 Å². The monoisotopic (exact) mass is 196 g/mol. The molecule has 15 heavy (non-hydrogen) atoms. The lowest BCUT2D eigenvalue weighted by atomic mass is 9.96. The average Bonchev–Trinajstić information content (AvgIpc) is 2.44. The lowest BCUT2D eigenvalue weighted by molar-refractivity contribution is 1.22. The number of allylic oxidation sites excluding steroid dienone is 6. The summed E-state index contributed by atoms with van der Waals surface area (Å²) < 4.78 is 0. The number of rotatable bonds is 1. The fraction of sp³-hybridized carbons (Fsp3) is 0.200. The van der Waals surface area contributed by atoms with E-state index in [1.165, 1.54) is 22.3 Å². The SMILES string of the molecule is CC1=C(c2ccccc2C)C=CC=CC1. The largest absolute Gasteiger partial charge is 0.0804 e. The Morgan fingerprint density at radius 3 is 2.60 bits per heavy atom. The van der Waals surface area contributed by atoms with Gasteiger partial charge in [0.1, 0.15) is 0 Å². The molecule has 0 unspecified atom stereocenters. The van der Waals surface area contributed by atoms with Crippen LogP contribution in [0.15, 0.2) is 54.1 Å². The molecule has 0 aliphatic heterocycles. The first kappa shape index (κ1) is 9.97. The van der Waals surface area contributed by atoms with E-state index < -0.39 is 0 Å². The smallest absolute Gasteiger partial charge is 0.0129 e. The van der Waals surface area contributed by atoms with Crippen molar-refractivity contribution >= 4 is 5.57 Å². The normalized spacial score (nSPS) is 15.6. The van der Waals surface area contributed by atoms with Gasteiger partial charge in [0.15, 0.2) is 0 Å².